The first kappa shape index (κ1) is 10.4. The molecular formula is C13H12NO2+. The third-order valence-corrected chi connectivity index (χ3v) is 2.39. The Morgan fingerprint density at radius 3 is 2.50 bits per heavy atom. The van der Waals surface area contributed by atoms with E-state index in [-0.39, 0.29) is 0 Å². The summed E-state index contributed by atoms with van der Waals surface area (Å²) in [6.07, 6.45) is 3.83. The number of rotatable bonds is 2. The number of aromatic nitrogens is 1. The third-order valence-electron chi connectivity index (χ3n) is 2.39. The second-order valence-corrected chi connectivity index (χ2v) is 3.64. The molecule has 1 aromatic carbocycles. The first-order valence-corrected chi connectivity index (χ1v) is 4.98. The van der Waals surface area contributed by atoms with Gasteiger partial charge < -0.3 is 5.11 Å². The average Bonchev–Trinajstić information content (AvgIpc) is 2.30. The Kier molecular flexibility index (Phi) is 2.68. The number of hydrogen-bond acceptors (Lipinski definition) is 1. The number of nitrogens with zero attached hydrogens (tertiary/aromatic N) is 1. The van der Waals surface area contributed by atoms with Crippen LogP contribution in [0.25, 0.3) is 5.69 Å². The lowest BCUT2D eigenvalue weighted by molar-refractivity contribution is -0.595. The number of benzene rings is 1. The van der Waals surface area contributed by atoms with Crippen LogP contribution in [-0.2, 0) is 0 Å². The third kappa shape index (κ3) is 2.08. The Morgan fingerprint density at radius 2 is 1.88 bits per heavy atom. The smallest absolute Gasteiger partial charge is 0.335 e. The zero-order valence-corrected chi connectivity index (χ0v) is 8.92. The van der Waals surface area contributed by atoms with Crippen molar-refractivity contribution in [2.24, 2.45) is 0 Å². The van der Waals surface area contributed by atoms with Gasteiger partial charge in [-0.15, -0.1) is 0 Å². The molecule has 0 atom stereocenters. The molecule has 3 heteroatoms. The molecule has 0 saturated carbocycles. The maximum absolute atomic E-state index is 10.8. The molecule has 2 rings (SSSR count). The van der Waals surface area contributed by atoms with Crippen molar-refractivity contribution in [3.8, 4) is 5.69 Å². The topological polar surface area (TPSA) is 41.2 Å². The number of carboxylic acid groups (broad SMARTS) is 1. The molecule has 1 heterocycles. The summed E-state index contributed by atoms with van der Waals surface area (Å²) in [4.78, 5) is 10.8. The van der Waals surface area contributed by atoms with Crippen LogP contribution in [0.5, 0.6) is 0 Å². The second-order valence-electron chi connectivity index (χ2n) is 3.64. The van der Waals surface area contributed by atoms with Crippen LogP contribution < -0.4 is 4.57 Å². The molecule has 3 nitrogen and oxygen atoms in total. The van der Waals surface area contributed by atoms with Gasteiger partial charge in [0.05, 0.1) is 5.56 Å². The molecule has 1 aromatic heterocycles. The van der Waals surface area contributed by atoms with Gasteiger partial charge in [0.1, 0.15) is 0 Å². The Balaban J connectivity index is 2.44. The minimum atomic E-state index is -0.908. The molecule has 0 radical (unpaired) electrons. The Labute approximate surface area is 93.6 Å². The minimum Gasteiger partial charge on any atom is -0.478 e. The first-order valence-electron chi connectivity index (χ1n) is 4.98. The average molecular weight is 214 g/mol. The Morgan fingerprint density at radius 1 is 1.19 bits per heavy atom. The van der Waals surface area contributed by atoms with E-state index < -0.39 is 5.97 Å². The van der Waals surface area contributed by atoms with E-state index in [1.165, 1.54) is 5.56 Å². The van der Waals surface area contributed by atoms with Gasteiger partial charge >= 0.3 is 5.97 Å². The van der Waals surface area contributed by atoms with Gasteiger partial charge in [-0.3, -0.25) is 0 Å². The van der Waals surface area contributed by atoms with E-state index in [0.717, 1.165) is 5.69 Å². The highest BCUT2D eigenvalue weighted by molar-refractivity contribution is 5.88. The van der Waals surface area contributed by atoms with Crippen molar-refractivity contribution in [2.75, 3.05) is 0 Å². The SMILES string of the molecule is Cc1cc[n+](-c2cccc(C(=O)O)c2)cc1. The van der Waals surface area contributed by atoms with Crippen LogP contribution in [0.15, 0.2) is 48.8 Å². The molecule has 1 N–H and O–H groups in total. The highest BCUT2D eigenvalue weighted by atomic mass is 16.4. The summed E-state index contributed by atoms with van der Waals surface area (Å²) in [7, 11) is 0. The fourth-order valence-corrected chi connectivity index (χ4v) is 1.47. The number of aromatic carboxylic acids is 1. The van der Waals surface area contributed by atoms with Gasteiger partial charge in [-0.25, -0.2) is 4.79 Å². The minimum absolute atomic E-state index is 0.297. The largest absolute Gasteiger partial charge is 0.478 e. The van der Waals surface area contributed by atoms with Crippen molar-refractivity contribution in [1.82, 2.24) is 0 Å². The Bertz CT molecular complexity index is 518. The lowest BCUT2D eigenvalue weighted by Gasteiger charge is -1.97. The van der Waals surface area contributed by atoms with Gasteiger partial charge in [-0.1, -0.05) is 6.07 Å². The van der Waals surface area contributed by atoms with Crippen LogP contribution in [0.3, 0.4) is 0 Å². The standard InChI is InChI=1S/C13H11NO2/c1-10-5-7-14(8-6-10)12-4-2-3-11(9-12)13(15)16/h2-9H,1H3/p+1. The van der Waals surface area contributed by atoms with Gasteiger partial charge in [0.2, 0.25) is 5.69 Å². The van der Waals surface area contributed by atoms with Crippen LogP contribution in [-0.4, -0.2) is 11.1 Å². The molecule has 0 aliphatic rings. The van der Waals surface area contributed by atoms with Gasteiger partial charge in [0, 0.05) is 24.3 Å². The molecule has 0 aliphatic carbocycles. The van der Waals surface area contributed by atoms with Crippen molar-refractivity contribution < 1.29 is 14.5 Å². The molecule has 0 unspecified atom stereocenters. The summed E-state index contributed by atoms with van der Waals surface area (Å²) in [5, 5.41) is 8.89. The zero-order valence-electron chi connectivity index (χ0n) is 8.92. The van der Waals surface area contributed by atoms with Gasteiger partial charge in [-0.2, -0.15) is 4.57 Å². The quantitative estimate of drug-likeness (QED) is 0.776. The van der Waals surface area contributed by atoms with Crippen LogP contribution in [0, 0.1) is 6.92 Å². The lowest BCUT2D eigenvalue weighted by Crippen LogP contribution is -2.29. The molecular weight excluding hydrogens is 202 g/mol. The number of carbonyl (C=O) groups is 1. The maximum atomic E-state index is 10.8. The van der Waals surface area contributed by atoms with E-state index >= 15 is 0 Å². The van der Waals surface area contributed by atoms with E-state index in [1.807, 2.05) is 42.1 Å². The monoisotopic (exact) mass is 214 g/mol. The summed E-state index contributed by atoms with van der Waals surface area (Å²) in [6, 6.07) is 10.8. The summed E-state index contributed by atoms with van der Waals surface area (Å²) in [6.45, 7) is 2.01. The van der Waals surface area contributed by atoms with Gasteiger partial charge in [-0.05, 0) is 18.6 Å². The number of hydrogen-bond donors (Lipinski definition) is 1. The predicted octanol–water partition coefficient (Wildman–Crippen LogP) is 1.97. The van der Waals surface area contributed by atoms with Gasteiger partial charge in [0.25, 0.3) is 0 Å². The molecule has 0 bridgehead atoms. The highest BCUT2D eigenvalue weighted by Gasteiger charge is 2.09. The molecule has 0 aliphatic heterocycles. The van der Waals surface area contributed by atoms with E-state index in [4.69, 9.17) is 5.11 Å². The molecule has 2 aromatic rings. The van der Waals surface area contributed by atoms with Crippen LogP contribution >= 0.6 is 0 Å². The second kappa shape index (κ2) is 4.14. The Hall–Kier alpha value is -2.16. The molecule has 0 fully saturated rings. The molecule has 0 spiro atoms. The van der Waals surface area contributed by atoms with Crippen molar-refractivity contribution in [1.29, 1.82) is 0 Å². The normalized spacial score (nSPS) is 10.1. The van der Waals surface area contributed by atoms with Crippen LogP contribution in [0.1, 0.15) is 15.9 Å². The van der Waals surface area contributed by atoms with Crippen molar-refractivity contribution in [3.63, 3.8) is 0 Å². The number of aryl methyl sites for hydroxylation is 1. The van der Waals surface area contributed by atoms with E-state index in [2.05, 4.69) is 0 Å². The molecule has 0 amide bonds. The van der Waals surface area contributed by atoms with E-state index in [9.17, 15) is 4.79 Å². The summed E-state index contributed by atoms with van der Waals surface area (Å²) < 4.78 is 1.89. The first-order chi connectivity index (χ1) is 7.66. The summed E-state index contributed by atoms with van der Waals surface area (Å²) in [5.74, 6) is -0.908. The zero-order chi connectivity index (χ0) is 11.5. The van der Waals surface area contributed by atoms with Crippen molar-refractivity contribution in [3.05, 3.63) is 59.9 Å². The summed E-state index contributed by atoms with van der Waals surface area (Å²) >= 11 is 0. The fourth-order valence-electron chi connectivity index (χ4n) is 1.47. The van der Waals surface area contributed by atoms with Crippen molar-refractivity contribution >= 4 is 5.97 Å². The van der Waals surface area contributed by atoms with E-state index in [1.54, 1.807) is 18.2 Å². The van der Waals surface area contributed by atoms with Gasteiger partial charge in [0.15, 0.2) is 12.4 Å². The van der Waals surface area contributed by atoms with Crippen LogP contribution in [0.4, 0.5) is 0 Å². The fraction of sp³-hybridized carbons (Fsp3) is 0.0769. The highest BCUT2D eigenvalue weighted by Crippen LogP contribution is 2.05. The lowest BCUT2D eigenvalue weighted by atomic mass is 10.2. The molecule has 80 valence electrons. The number of carboxylic acids is 1. The molecule has 16 heavy (non-hydrogen) atoms. The van der Waals surface area contributed by atoms with Crippen LogP contribution in [0.2, 0.25) is 0 Å². The summed E-state index contributed by atoms with van der Waals surface area (Å²) in [5.41, 5.74) is 2.32. The van der Waals surface area contributed by atoms with E-state index in [0.29, 0.717) is 5.56 Å². The molecule has 0 saturated heterocycles. The number of pyridine rings is 1. The predicted molar refractivity (Wildman–Crippen MR) is 59.7 cm³/mol. The van der Waals surface area contributed by atoms with Crippen molar-refractivity contribution in [2.45, 2.75) is 6.92 Å². The maximum Gasteiger partial charge on any atom is 0.335 e.